The molecule has 0 unspecified atom stereocenters. The Morgan fingerprint density at radius 3 is 2.29 bits per heavy atom. The van der Waals surface area contributed by atoms with Gasteiger partial charge < -0.3 is 10.1 Å². The monoisotopic (exact) mass is 404 g/mol. The SMILES string of the molecule is Cc1ccc(OC[C@@H](C)NC(=O)[C@@H](C)N(c2cccc(C)c2)S(C)(=O)=O)cc1. The minimum absolute atomic E-state index is 0.282. The lowest BCUT2D eigenvalue weighted by Crippen LogP contribution is -2.50. The second kappa shape index (κ2) is 9.10. The van der Waals surface area contributed by atoms with Crippen LogP contribution in [0.2, 0.25) is 0 Å². The first-order chi connectivity index (χ1) is 13.1. The number of sulfonamides is 1. The molecule has 28 heavy (non-hydrogen) atoms. The zero-order valence-electron chi connectivity index (χ0n) is 17.0. The molecule has 2 atom stereocenters. The number of anilines is 1. The Morgan fingerprint density at radius 2 is 1.71 bits per heavy atom. The van der Waals surface area contributed by atoms with Gasteiger partial charge in [-0.25, -0.2) is 8.42 Å². The molecule has 1 N–H and O–H groups in total. The number of hydrogen-bond donors (Lipinski definition) is 1. The number of nitrogens with one attached hydrogen (secondary N) is 1. The summed E-state index contributed by atoms with van der Waals surface area (Å²) in [5, 5.41) is 2.83. The van der Waals surface area contributed by atoms with Gasteiger partial charge in [-0.2, -0.15) is 0 Å². The summed E-state index contributed by atoms with van der Waals surface area (Å²) in [6.07, 6.45) is 1.10. The molecule has 2 aromatic carbocycles. The average Bonchev–Trinajstić information content (AvgIpc) is 2.60. The third-order valence-electron chi connectivity index (χ3n) is 4.25. The standard InChI is InChI=1S/C21H28N2O4S/c1-15-9-11-20(12-10-15)27-14-17(3)22-21(24)18(4)23(28(5,25)26)19-8-6-7-16(2)13-19/h6-13,17-18H,14H2,1-5H3,(H,22,24)/t17-,18-/m1/s1. The molecule has 0 aliphatic heterocycles. The molecule has 0 bridgehead atoms. The van der Waals surface area contributed by atoms with Gasteiger partial charge >= 0.3 is 0 Å². The van der Waals surface area contributed by atoms with E-state index in [1.807, 2.05) is 51.1 Å². The van der Waals surface area contributed by atoms with Gasteiger partial charge in [-0.15, -0.1) is 0 Å². The summed E-state index contributed by atoms with van der Waals surface area (Å²) >= 11 is 0. The fourth-order valence-electron chi connectivity index (χ4n) is 2.83. The van der Waals surface area contributed by atoms with E-state index in [-0.39, 0.29) is 18.6 Å². The zero-order chi connectivity index (χ0) is 20.9. The van der Waals surface area contributed by atoms with Gasteiger partial charge in [0.25, 0.3) is 0 Å². The molecular formula is C21H28N2O4S. The van der Waals surface area contributed by atoms with Crippen molar-refractivity contribution < 1.29 is 17.9 Å². The highest BCUT2D eigenvalue weighted by Crippen LogP contribution is 2.22. The topological polar surface area (TPSA) is 75.7 Å². The third-order valence-corrected chi connectivity index (χ3v) is 5.50. The lowest BCUT2D eigenvalue weighted by atomic mass is 10.2. The summed E-state index contributed by atoms with van der Waals surface area (Å²) in [7, 11) is -3.63. The molecule has 0 spiro atoms. The van der Waals surface area contributed by atoms with Crippen molar-refractivity contribution in [3.8, 4) is 5.75 Å². The molecule has 0 aliphatic carbocycles. The Morgan fingerprint density at radius 1 is 1.07 bits per heavy atom. The van der Waals surface area contributed by atoms with Crippen LogP contribution >= 0.6 is 0 Å². The van der Waals surface area contributed by atoms with Crippen molar-refractivity contribution in [2.45, 2.75) is 39.8 Å². The Hall–Kier alpha value is -2.54. The number of rotatable bonds is 8. The van der Waals surface area contributed by atoms with Crippen LogP contribution in [-0.2, 0) is 14.8 Å². The van der Waals surface area contributed by atoms with E-state index in [0.29, 0.717) is 5.69 Å². The van der Waals surface area contributed by atoms with Crippen LogP contribution in [0.25, 0.3) is 0 Å². The van der Waals surface area contributed by atoms with E-state index in [1.54, 1.807) is 25.1 Å². The van der Waals surface area contributed by atoms with Gasteiger partial charge in [-0.1, -0.05) is 29.8 Å². The van der Waals surface area contributed by atoms with Crippen molar-refractivity contribution in [1.29, 1.82) is 0 Å². The number of nitrogens with zero attached hydrogens (tertiary/aromatic N) is 1. The van der Waals surface area contributed by atoms with E-state index in [0.717, 1.165) is 27.4 Å². The Labute approximate surface area is 167 Å². The maximum Gasteiger partial charge on any atom is 0.243 e. The predicted octanol–water partition coefficient (Wildman–Crippen LogP) is 3.04. The van der Waals surface area contributed by atoms with Gasteiger partial charge in [0.05, 0.1) is 18.0 Å². The van der Waals surface area contributed by atoms with E-state index in [9.17, 15) is 13.2 Å². The summed E-state index contributed by atoms with van der Waals surface area (Å²) < 4.78 is 31.5. The summed E-state index contributed by atoms with van der Waals surface area (Å²) in [5.74, 6) is 0.337. The number of carbonyl (C=O) groups is 1. The molecule has 0 aliphatic rings. The highest BCUT2D eigenvalue weighted by Gasteiger charge is 2.29. The first kappa shape index (κ1) is 21.8. The number of amides is 1. The summed E-state index contributed by atoms with van der Waals surface area (Å²) in [6, 6.07) is 13.5. The number of benzene rings is 2. The minimum atomic E-state index is -3.63. The van der Waals surface area contributed by atoms with E-state index in [1.165, 1.54) is 0 Å². The van der Waals surface area contributed by atoms with Crippen LogP contribution < -0.4 is 14.4 Å². The number of carbonyl (C=O) groups excluding carboxylic acids is 1. The maximum atomic E-state index is 12.7. The maximum absolute atomic E-state index is 12.7. The molecule has 6 nitrogen and oxygen atoms in total. The van der Waals surface area contributed by atoms with Gasteiger partial charge in [0.15, 0.2) is 0 Å². The van der Waals surface area contributed by atoms with Crippen LogP contribution in [0.1, 0.15) is 25.0 Å². The summed E-state index contributed by atoms with van der Waals surface area (Å²) in [4.78, 5) is 12.7. The Bertz CT molecular complexity index is 910. The number of hydrogen-bond acceptors (Lipinski definition) is 4. The van der Waals surface area contributed by atoms with Crippen molar-refractivity contribution in [3.63, 3.8) is 0 Å². The molecule has 0 aromatic heterocycles. The highest BCUT2D eigenvalue weighted by atomic mass is 32.2. The Balaban J connectivity index is 2.04. The molecule has 0 saturated heterocycles. The number of ether oxygens (including phenoxy) is 1. The minimum Gasteiger partial charge on any atom is -0.491 e. The third kappa shape index (κ3) is 5.99. The predicted molar refractivity (Wildman–Crippen MR) is 112 cm³/mol. The van der Waals surface area contributed by atoms with Crippen molar-refractivity contribution >= 4 is 21.6 Å². The molecule has 152 valence electrons. The fraction of sp³-hybridized carbons (Fsp3) is 0.381. The number of aryl methyl sites for hydroxylation is 2. The molecule has 0 radical (unpaired) electrons. The second-order valence-corrected chi connectivity index (χ2v) is 8.97. The van der Waals surface area contributed by atoms with Crippen LogP contribution in [0.15, 0.2) is 48.5 Å². The molecule has 0 heterocycles. The first-order valence-electron chi connectivity index (χ1n) is 9.14. The van der Waals surface area contributed by atoms with Crippen molar-refractivity contribution in [1.82, 2.24) is 5.32 Å². The van der Waals surface area contributed by atoms with E-state index in [4.69, 9.17) is 4.74 Å². The van der Waals surface area contributed by atoms with Gasteiger partial charge in [0, 0.05) is 0 Å². The lowest BCUT2D eigenvalue weighted by Gasteiger charge is -2.29. The molecule has 0 saturated carbocycles. The largest absolute Gasteiger partial charge is 0.491 e. The molecule has 0 fully saturated rings. The van der Waals surface area contributed by atoms with Crippen molar-refractivity contribution in [3.05, 3.63) is 59.7 Å². The quantitative estimate of drug-likeness (QED) is 0.734. The Kier molecular flexibility index (Phi) is 7.07. The summed E-state index contributed by atoms with van der Waals surface area (Å²) in [6.45, 7) is 7.54. The van der Waals surface area contributed by atoms with Gasteiger partial charge in [0.2, 0.25) is 15.9 Å². The van der Waals surface area contributed by atoms with Crippen LogP contribution in [0.5, 0.6) is 5.75 Å². The highest BCUT2D eigenvalue weighted by molar-refractivity contribution is 7.92. The molecule has 2 aromatic rings. The lowest BCUT2D eigenvalue weighted by molar-refractivity contribution is -0.122. The van der Waals surface area contributed by atoms with Crippen molar-refractivity contribution in [2.24, 2.45) is 0 Å². The fourth-order valence-corrected chi connectivity index (χ4v) is 4.00. The molecule has 1 amide bonds. The van der Waals surface area contributed by atoms with E-state index < -0.39 is 16.1 Å². The van der Waals surface area contributed by atoms with E-state index >= 15 is 0 Å². The second-order valence-electron chi connectivity index (χ2n) is 7.11. The van der Waals surface area contributed by atoms with Crippen molar-refractivity contribution in [2.75, 3.05) is 17.2 Å². The normalized spacial score (nSPS) is 13.5. The zero-order valence-corrected chi connectivity index (χ0v) is 17.8. The van der Waals surface area contributed by atoms with Crippen LogP contribution in [-0.4, -0.2) is 39.3 Å². The molecule has 2 rings (SSSR count). The van der Waals surface area contributed by atoms with Crippen LogP contribution in [0, 0.1) is 13.8 Å². The van der Waals surface area contributed by atoms with Crippen LogP contribution in [0.3, 0.4) is 0 Å². The van der Waals surface area contributed by atoms with Gasteiger partial charge in [-0.05, 0) is 57.5 Å². The smallest absolute Gasteiger partial charge is 0.243 e. The van der Waals surface area contributed by atoms with E-state index in [2.05, 4.69) is 5.32 Å². The van der Waals surface area contributed by atoms with Gasteiger partial charge in [-0.3, -0.25) is 9.10 Å². The van der Waals surface area contributed by atoms with Gasteiger partial charge in [0.1, 0.15) is 18.4 Å². The first-order valence-corrected chi connectivity index (χ1v) is 11.0. The molecule has 7 heteroatoms. The summed E-state index contributed by atoms with van der Waals surface area (Å²) in [5.41, 5.74) is 2.52. The van der Waals surface area contributed by atoms with Crippen LogP contribution in [0.4, 0.5) is 5.69 Å². The molecular weight excluding hydrogens is 376 g/mol. The average molecular weight is 405 g/mol.